The molecule has 1 aromatic heterocycles. The van der Waals surface area contributed by atoms with Gasteiger partial charge in [-0.1, -0.05) is 35.5 Å². The van der Waals surface area contributed by atoms with Crippen LogP contribution < -0.4 is 9.62 Å². The summed E-state index contributed by atoms with van der Waals surface area (Å²) in [5.74, 6) is -0.00290. The molecule has 152 valence electrons. The van der Waals surface area contributed by atoms with Gasteiger partial charge in [0, 0.05) is 5.56 Å². The largest absolute Gasteiger partial charge is 0.360 e. The number of amides is 1. The molecule has 0 saturated carbocycles. The Morgan fingerprint density at radius 2 is 1.89 bits per heavy atom. The second-order valence-corrected chi connectivity index (χ2v) is 8.88. The van der Waals surface area contributed by atoms with Crippen LogP contribution in [0.4, 0.5) is 0 Å². The van der Waals surface area contributed by atoms with Crippen LogP contribution in [0.1, 0.15) is 23.9 Å². The number of benzene rings is 1. The summed E-state index contributed by atoms with van der Waals surface area (Å²) in [5, 5.41) is 3.67. The first-order valence-electron chi connectivity index (χ1n) is 9.39. The lowest BCUT2D eigenvalue weighted by molar-refractivity contribution is -0.917. The van der Waals surface area contributed by atoms with Gasteiger partial charge in [0.15, 0.2) is 5.76 Å². The number of quaternary nitrogens is 1. The smallest absolute Gasteiger partial charge is 0.246 e. The Hall–Kier alpha value is -2.23. The molecule has 2 aromatic rings. The second-order valence-electron chi connectivity index (χ2n) is 7.23. The van der Waals surface area contributed by atoms with Crippen LogP contribution in [0, 0.1) is 13.8 Å². The van der Waals surface area contributed by atoms with E-state index in [9.17, 15) is 13.2 Å². The van der Waals surface area contributed by atoms with Crippen LogP contribution in [0.3, 0.4) is 0 Å². The first-order valence-corrected chi connectivity index (χ1v) is 10.9. The summed E-state index contributed by atoms with van der Waals surface area (Å²) < 4.78 is 32.6. The SMILES string of the molecule is Cc1noc(C)c1S(=O)(=O)N[C@@H](C)C(=O)N1CC[NH+](Cc2ccccc2)CC1. The van der Waals surface area contributed by atoms with E-state index in [-0.39, 0.29) is 22.3 Å². The zero-order valence-electron chi connectivity index (χ0n) is 16.4. The first-order chi connectivity index (χ1) is 13.3. The van der Waals surface area contributed by atoms with Crippen molar-refractivity contribution in [3.63, 3.8) is 0 Å². The van der Waals surface area contributed by atoms with Crippen molar-refractivity contribution in [2.45, 2.75) is 38.3 Å². The minimum atomic E-state index is -3.87. The van der Waals surface area contributed by atoms with Crippen LogP contribution in [-0.4, -0.2) is 56.6 Å². The maximum atomic E-state index is 12.7. The number of carbonyl (C=O) groups is 1. The number of nitrogens with one attached hydrogen (secondary N) is 2. The van der Waals surface area contributed by atoms with Crippen LogP contribution in [0.5, 0.6) is 0 Å². The topological polar surface area (TPSA) is 97.0 Å². The molecule has 1 fully saturated rings. The van der Waals surface area contributed by atoms with E-state index < -0.39 is 16.1 Å². The summed E-state index contributed by atoms with van der Waals surface area (Å²) in [4.78, 5) is 15.9. The van der Waals surface area contributed by atoms with E-state index in [1.54, 1.807) is 18.7 Å². The molecule has 1 saturated heterocycles. The highest BCUT2D eigenvalue weighted by molar-refractivity contribution is 7.89. The fourth-order valence-electron chi connectivity index (χ4n) is 3.58. The summed E-state index contributed by atoms with van der Waals surface area (Å²) in [7, 11) is -3.87. The molecule has 1 aliphatic heterocycles. The molecule has 1 aromatic carbocycles. The average Bonchev–Trinajstić information content (AvgIpc) is 3.01. The molecule has 8 nitrogen and oxygen atoms in total. The van der Waals surface area contributed by atoms with Gasteiger partial charge in [-0.25, -0.2) is 8.42 Å². The van der Waals surface area contributed by atoms with Crippen molar-refractivity contribution >= 4 is 15.9 Å². The summed E-state index contributed by atoms with van der Waals surface area (Å²) in [6.07, 6.45) is 0. The monoisotopic (exact) mass is 407 g/mol. The van der Waals surface area contributed by atoms with Crippen LogP contribution in [0.25, 0.3) is 0 Å². The van der Waals surface area contributed by atoms with E-state index in [0.29, 0.717) is 13.1 Å². The maximum absolute atomic E-state index is 12.7. The predicted molar refractivity (Wildman–Crippen MR) is 103 cm³/mol. The molecule has 2 heterocycles. The molecule has 2 N–H and O–H groups in total. The molecular formula is C19H27N4O4S+. The third-order valence-corrected chi connectivity index (χ3v) is 6.80. The Kier molecular flexibility index (Phi) is 6.17. The van der Waals surface area contributed by atoms with Gasteiger partial charge in [-0.2, -0.15) is 4.72 Å². The highest BCUT2D eigenvalue weighted by Gasteiger charge is 2.32. The van der Waals surface area contributed by atoms with Gasteiger partial charge in [0.2, 0.25) is 15.9 Å². The second kappa shape index (κ2) is 8.42. The molecule has 3 rings (SSSR count). The molecule has 28 heavy (non-hydrogen) atoms. The van der Waals surface area contributed by atoms with E-state index in [1.165, 1.54) is 17.4 Å². The normalized spacial score (nSPS) is 16.9. The number of hydrogen-bond acceptors (Lipinski definition) is 5. The van der Waals surface area contributed by atoms with Gasteiger partial charge in [-0.3, -0.25) is 4.79 Å². The molecule has 1 amide bonds. The number of carbonyl (C=O) groups excluding carboxylic acids is 1. The highest BCUT2D eigenvalue weighted by Crippen LogP contribution is 2.19. The minimum Gasteiger partial charge on any atom is -0.360 e. The number of piperazine rings is 1. The molecule has 1 aliphatic rings. The Morgan fingerprint density at radius 1 is 1.25 bits per heavy atom. The van der Waals surface area contributed by atoms with Crippen molar-refractivity contribution in [1.29, 1.82) is 0 Å². The summed E-state index contributed by atoms with van der Waals surface area (Å²) in [6, 6.07) is 9.42. The first kappa shape index (κ1) is 20.5. The fourth-order valence-corrected chi connectivity index (χ4v) is 5.10. The highest BCUT2D eigenvalue weighted by atomic mass is 32.2. The van der Waals surface area contributed by atoms with Crippen molar-refractivity contribution in [2.24, 2.45) is 0 Å². The molecule has 0 aliphatic carbocycles. The summed E-state index contributed by atoms with van der Waals surface area (Å²) in [5.41, 5.74) is 1.56. The maximum Gasteiger partial charge on any atom is 0.246 e. The number of sulfonamides is 1. The lowest BCUT2D eigenvalue weighted by Crippen LogP contribution is -3.13. The Labute approximate surface area is 165 Å². The van der Waals surface area contributed by atoms with Crippen molar-refractivity contribution in [1.82, 2.24) is 14.8 Å². The van der Waals surface area contributed by atoms with E-state index in [1.807, 2.05) is 18.2 Å². The van der Waals surface area contributed by atoms with Gasteiger partial charge >= 0.3 is 0 Å². The summed E-state index contributed by atoms with van der Waals surface area (Å²) >= 11 is 0. The molecule has 9 heteroatoms. The Bertz CT molecular complexity index is 899. The number of rotatable bonds is 6. The van der Waals surface area contributed by atoms with Crippen LogP contribution in [0.15, 0.2) is 39.8 Å². The van der Waals surface area contributed by atoms with Crippen molar-refractivity contribution in [3.05, 3.63) is 47.3 Å². The van der Waals surface area contributed by atoms with Crippen LogP contribution in [0.2, 0.25) is 0 Å². The van der Waals surface area contributed by atoms with Gasteiger partial charge in [0.1, 0.15) is 17.1 Å². The number of aryl methyl sites for hydroxylation is 2. The zero-order valence-corrected chi connectivity index (χ0v) is 17.3. The fraction of sp³-hybridized carbons (Fsp3) is 0.474. The molecule has 0 radical (unpaired) electrons. The molecule has 0 bridgehead atoms. The van der Waals surface area contributed by atoms with E-state index in [0.717, 1.165) is 19.6 Å². The van der Waals surface area contributed by atoms with Crippen molar-refractivity contribution in [3.8, 4) is 0 Å². The van der Waals surface area contributed by atoms with Gasteiger partial charge < -0.3 is 14.3 Å². The van der Waals surface area contributed by atoms with Crippen molar-refractivity contribution < 1.29 is 22.6 Å². The Morgan fingerprint density at radius 3 is 2.46 bits per heavy atom. The molecule has 0 unspecified atom stereocenters. The lowest BCUT2D eigenvalue weighted by Gasteiger charge is -2.33. The van der Waals surface area contributed by atoms with Crippen molar-refractivity contribution in [2.75, 3.05) is 26.2 Å². The standard InChI is InChI=1S/C19H26N4O4S/c1-14-18(16(3)27-20-14)28(25,26)21-15(2)19(24)23-11-9-22(10-12-23)13-17-7-5-4-6-8-17/h4-8,15,21H,9-13H2,1-3H3/p+1/t15-/m0/s1. The third kappa shape index (κ3) is 4.60. The van der Waals surface area contributed by atoms with Gasteiger partial charge in [-0.15, -0.1) is 0 Å². The lowest BCUT2D eigenvalue weighted by atomic mass is 10.2. The number of hydrogen-bond donors (Lipinski definition) is 2. The molecule has 0 spiro atoms. The average molecular weight is 408 g/mol. The van der Waals surface area contributed by atoms with Gasteiger partial charge in [0.05, 0.1) is 32.2 Å². The van der Waals surface area contributed by atoms with E-state index in [2.05, 4.69) is 22.0 Å². The van der Waals surface area contributed by atoms with Crippen LogP contribution >= 0.6 is 0 Å². The molecule has 1 atom stereocenters. The number of aromatic nitrogens is 1. The van der Waals surface area contributed by atoms with E-state index in [4.69, 9.17) is 4.52 Å². The quantitative estimate of drug-likeness (QED) is 0.696. The van der Waals surface area contributed by atoms with E-state index >= 15 is 0 Å². The van der Waals surface area contributed by atoms with Gasteiger partial charge in [-0.05, 0) is 20.8 Å². The van der Waals surface area contributed by atoms with Crippen LogP contribution in [-0.2, 0) is 21.4 Å². The predicted octanol–water partition coefficient (Wildman–Crippen LogP) is -0.114. The van der Waals surface area contributed by atoms with Gasteiger partial charge in [0.25, 0.3) is 0 Å². The number of nitrogens with zero attached hydrogens (tertiary/aromatic N) is 2. The third-order valence-electron chi connectivity index (χ3n) is 5.02. The minimum absolute atomic E-state index is 0.00396. The zero-order chi connectivity index (χ0) is 20.3. The molecular weight excluding hydrogens is 380 g/mol. The summed E-state index contributed by atoms with van der Waals surface area (Å²) in [6.45, 7) is 8.49. The Balaban J connectivity index is 1.56.